The largest absolute Gasteiger partial charge is 0.497 e. The zero-order valence-electron chi connectivity index (χ0n) is 10.8. The molecule has 1 aromatic heterocycles. The topological polar surface area (TPSA) is 29.9 Å². The van der Waals surface area contributed by atoms with E-state index in [0.717, 1.165) is 26.9 Å². The zero-order chi connectivity index (χ0) is 15.1. The highest BCUT2D eigenvalue weighted by Crippen LogP contribution is 2.36. The molecule has 0 fully saturated rings. The molecule has 7 heteroatoms. The molecule has 3 nitrogen and oxygen atoms in total. The van der Waals surface area contributed by atoms with Crippen LogP contribution >= 0.6 is 51.3 Å². The van der Waals surface area contributed by atoms with Crippen LogP contribution in [0.2, 0.25) is 10.0 Å². The van der Waals surface area contributed by atoms with Crippen molar-refractivity contribution in [3.63, 3.8) is 0 Å². The maximum atomic E-state index is 6.36. The van der Waals surface area contributed by atoms with E-state index in [4.69, 9.17) is 40.2 Å². The standard InChI is InChI=1S/C14H9BrCl2N2OS/c1-20-7-2-4-9-11(6-7)19(14(21)18-9)10-5-3-8(15)12(16)13(10)17/h2-6H,1H3,(H,18,21). The fourth-order valence-corrected chi connectivity index (χ4v) is 3.30. The van der Waals surface area contributed by atoms with E-state index in [2.05, 4.69) is 20.9 Å². The molecule has 0 aliphatic heterocycles. The number of H-pyrrole nitrogens is 1. The minimum Gasteiger partial charge on any atom is -0.497 e. The summed E-state index contributed by atoms with van der Waals surface area (Å²) >= 11 is 21.3. The first-order valence-corrected chi connectivity index (χ1v) is 7.91. The lowest BCUT2D eigenvalue weighted by atomic mass is 10.2. The van der Waals surface area contributed by atoms with Gasteiger partial charge >= 0.3 is 0 Å². The normalized spacial score (nSPS) is 11.0. The fourth-order valence-electron chi connectivity index (χ4n) is 2.14. The molecule has 0 saturated heterocycles. The minimum atomic E-state index is 0.436. The number of nitrogens with one attached hydrogen (secondary N) is 1. The maximum Gasteiger partial charge on any atom is 0.182 e. The van der Waals surface area contributed by atoms with Gasteiger partial charge in [0.05, 0.1) is 33.9 Å². The average molecular weight is 404 g/mol. The summed E-state index contributed by atoms with van der Waals surface area (Å²) < 4.78 is 8.39. The van der Waals surface area contributed by atoms with Crippen LogP contribution in [0.3, 0.4) is 0 Å². The fraction of sp³-hybridized carbons (Fsp3) is 0.0714. The number of halogens is 3. The molecule has 3 rings (SSSR count). The summed E-state index contributed by atoms with van der Waals surface area (Å²) in [6.07, 6.45) is 0. The number of fused-ring (bicyclic) bond motifs is 1. The highest BCUT2D eigenvalue weighted by atomic mass is 79.9. The molecule has 0 unspecified atom stereocenters. The number of benzene rings is 2. The van der Waals surface area contributed by atoms with Gasteiger partial charge in [-0.05, 0) is 52.4 Å². The number of rotatable bonds is 2. The number of nitrogens with zero attached hydrogens (tertiary/aromatic N) is 1. The van der Waals surface area contributed by atoms with Crippen molar-refractivity contribution in [3.05, 3.63) is 49.6 Å². The Bertz CT molecular complexity index is 904. The summed E-state index contributed by atoms with van der Waals surface area (Å²) in [4.78, 5) is 3.15. The van der Waals surface area contributed by atoms with Gasteiger partial charge in [-0.25, -0.2) is 0 Å². The predicted octanol–water partition coefficient (Wildman–Crippen LogP) is 5.77. The van der Waals surface area contributed by atoms with Gasteiger partial charge in [0.15, 0.2) is 4.77 Å². The first-order chi connectivity index (χ1) is 10.0. The molecule has 0 bridgehead atoms. The van der Waals surface area contributed by atoms with Crippen molar-refractivity contribution >= 4 is 62.4 Å². The van der Waals surface area contributed by atoms with Crippen molar-refractivity contribution in [2.45, 2.75) is 0 Å². The van der Waals surface area contributed by atoms with E-state index in [9.17, 15) is 0 Å². The average Bonchev–Trinajstić information content (AvgIpc) is 2.80. The minimum absolute atomic E-state index is 0.436. The Morgan fingerprint density at radius 1 is 1.19 bits per heavy atom. The Morgan fingerprint density at radius 3 is 2.67 bits per heavy atom. The van der Waals surface area contributed by atoms with Crippen LogP contribution in [0.15, 0.2) is 34.8 Å². The third kappa shape index (κ3) is 2.48. The quantitative estimate of drug-likeness (QED) is 0.435. The molecule has 0 amide bonds. The second kappa shape index (κ2) is 5.65. The Hall–Kier alpha value is -1.01. The summed E-state index contributed by atoms with van der Waals surface area (Å²) in [6, 6.07) is 9.38. The molecule has 0 aliphatic rings. The predicted molar refractivity (Wildman–Crippen MR) is 92.7 cm³/mol. The van der Waals surface area contributed by atoms with E-state index in [1.54, 1.807) is 7.11 Å². The summed E-state index contributed by atoms with van der Waals surface area (Å²) in [5, 5.41) is 0.888. The van der Waals surface area contributed by atoms with E-state index in [0.29, 0.717) is 14.8 Å². The molecular weight excluding hydrogens is 395 g/mol. The Morgan fingerprint density at radius 2 is 1.95 bits per heavy atom. The molecule has 21 heavy (non-hydrogen) atoms. The molecule has 2 aromatic carbocycles. The van der Waals surface area contributed by atoms with Crippen molar-refractivity contribution in [2.75, 3.05) is 7.11 Å². The van der Waals surface area contributed by atoms with Crippen molar-refractivity contribution in [2.24, 2.45) is 0 Å². The Labute approximate surface area is 144 Å². The van der Waals surface area contributed by atoms with E-state index < -0.39 is 0 Å². The summed E-state index contributed by atoms with van der Waals surface area (Å²) in [5.41, 5.74) is 2.49. The Balaban J connectivity index is 2.37. The summed E-state index contributed by atoms with van der Waals surface area (Å²) in [5.74, 6) is 0.740. The molecule has 0 aliphatic carbocycles. The van der Waals surface area contributed by atoms with Crippen molar-refractivity contribution < 1.29 is 4.74 Å². The number of hydrogen-bond donors (Lipinski definition) is 1. The number of methoxy groups -OCH3 is 1. The smallest absolute Gasteiger partial charge is 0.182 e. The van der Waals surface area contributed by atoms with Crippen LogP contribution in [0.1, 0.15) is 0 Å². The number of hydrogen-bond acceptors (Lipinski definition) is 2. The van der Waals surface area contributed by atoms with E-state index in [1.165, 1.54) is 0 Å². The van der Waals surface area contributed by atoms with E-state index in [1.807, 2.05) is 34.9 Å². The summed E-state index contributed by atoms with van der Waals surface area (Å²) in [6.45, 7) is 0. The van der Waals surface area contributed by atoms with Crippen molar-refractivity contribution in [3.8, 4) is 11.4 Å². The van der Waals surface area contributed by atoms with Crippen molar-refractivity contribution in [1.82, 2.24) is 9.55 Å². The second-order valence-corrected chi connectivity index (χ2v) is 6.34. The van der Waals surface area contributed by atoms with Gasteiger partial charge in [0, 0.05) is 10.5 Å². The van der Waals surface area contributed by atoms with Crippen LogP contribution < -0.4 is 4.74 Å². The van der Waals surface area contributed by atoms with Gasteiger partial charge in [0.2, 0.25) is 0 Å². The third-order valence-electron chi connectivity index (χ3n) is 3.15. The molecule has 0 spiro atoms. The maximum absolute atomic E-state index is 6.36. The van der Waals surface area contributed by atoms with Crippen LogP contribution in [0.25, 0.3) is 16.7 Å². The SMILES string of the molecule is COc1ccc2[nH]c(=S)n(-c3ccc(Br)c(Cl)c3Cl)c2c1. The van der Waals surface area contributed by atoms with Gasteiger partial charge in [0.25, 0.3) is 0 Å². The van der Waals surface area contributed by atoms with Gasteiger partial charge in [0.1, 0.15) is 5.75 Å². The van der Waals surface area contributed by atoms with Gasteiger partial charge < -0.3 is 9.72 Å². The van der Waals surface area contributed by atoms with Crippen LogP contribution in [0, 0.1) is 4.77 Å². The molecule has 0 radical (unpaired) electrons. The highest BCUT2D eigenvalue weighted by Gasteiger charge is 2.14. The van der Waals surface area contributed by atoms with E-state index >= 15 is 0 Å². The van der Waals surface area contributed by atoms with Crippen LogP contribution in [0.5, 0.6) is 5.75 Å². The number of aromatic amines is 1. The number of aromatic nitrogens is 2. The van der Waals surface area contributed by atoms with Crippen molar-refractivity contribution in [1.29, 1.82) is 0 Å². The van der Waals surface area contributed by atoms with Gasteiger partial charge in [-0.15, -0.1) is 0 Å². The molecule has 0 atom stereocenters. The number of imidazole rings is 1. The summed E-state index contributed by atoms with van der Waals surface area (Å²) in [7, 11) is 1.62. The lowest BCUT2D eigenvalue weighted by Gasteiger charge is -2.10. The second-order valence-electron chi connectivity index (χ2n) is 4.34. The molecule has 3 aromatic rings. The van der Waals surface area contributed by atoms with Crippen LogP contribution in [-0.4, -0.2) is 16.7 Å². The van der Waals surface area contributed by atoms with Gasteiger partial charge in [-0.2, -0.15) is 0 Å². The van der Waals surface area contributed by atoms with Gasteiger partial charge in [-0.3, -0.25) is 4.57 Å². The molecule has 108 valence electrons. The van der Waals surface area contributed by atoms with Crippen LogP contribution in [0.4, 0.5) is 0 Å². The zero-order valence-corrected chi connectivity index (χ0v) is 14.7. The van der Waals surface area contributed by atoms with E-state index in [-0.39, 0.29) is 0 Å². The molecular formula is C14H9BrCl2N2OS. The number of ether oxygens (including phenoxy) is 1. The van der Waals surface area contributed by atoms with Crippen LogP contribution in [-0.2, 0) is 0 Å². The van der Waals surface area contributed by atoms with Gasteiger partial charge in [-0.1, -0.05) is 23.2 Å². The monoisotopic (exact) mass is 402 g/mol. The Kier molecular flexibility index (Phi) is 4.01. The third-order valence-corrected chi connectivity index (χ3v) is 5.19. The lowest BCUT2D eigenvalue weighted by Crippen LogP contribution is -1.96. The lowest BCUT2D eigenvalue weighted by molar-refractivity contribution is 0.415. The molecule has 0 saturated carbocycles. The first kappa shape index (κ1) is 14.9. The molecule has 1 N–H and O–H groups in total. The molecule has 1 heterocycles. The first-order valence-electron chi connectivity index (χ1n) is 5.95. The highest BCUT2D eigenvalue weighted by molar-refractivity contribution is 9.10.